The van der Waals surface area contributed by atoms with Crippen LogP contribution in [-0.2, 0) is 0 Å². The topological polar surface area (TPSA) is 99.0 Å². The molecule has 0 spiro atoms. The van der Waals surface area contributed by atoms with Gasteiger partial charge in [-0.1, -0.05) is 20.8 Å². The molecule has 1 N–H and O–H groups in total. The average Bonchev–Trinajstić information content (AvgIpc) is 3.05. The lowest BCUT2D eigenvalue weighted by atomic mass is 9.99. The summed E-state index contributed by atoms with van der Waals surface area (Å²) < 4.78 is 7.81. The highest BCUT2D eigenvalue weighted by Crippen LogP contribution is 2.15. The number of carbonyl (C=O) groups is 2. The number of hydrogen-bond donors (Lipinski definition) is 1. The van der Waals surface area contributed by atoms with E-state index in [-0.39, 0.29) is 22.8 Å². The van der Waals surface area contributed by atoms with Gasteiger partial charge in [0.05, 0.1) is 6.61 Å². The fourth-order valence-electron chi connectivity index (χ4n) is 1.37. The van der Waals surface area contributed by atoms with Crippen molar-refractivity contribution in [2.24, 2.45) is 5.41 Å². The van der Waals surface area contributed by atoms with Crippen LogP contribution < -0.4 is 10.3 Å². The molecule has 0 saturated heterocycles. The Labute approximate surface area is 134 Å². The quantitative estimate of drug-likeness (QED) is 0.909. The van der Waals surface area contributed by atoms with Gasteiger partial charge in [-0.2, -0.15) is 0 Å². The van der Waals surface area contributed by atoms with E-state index in [4.69, 9.17) is 4.74 Å². The first-order valence-electron chi connectivity index (χ1n) is 7.06. The van der Waals surface area contributed by atoms with Crippen LogP contribution in [0.2, 0.25) is 0 Å². The van der Waals surface area contributed by atoms with Gasteiger partial charge in [-0.05, 0) is 5.41 Å². The van der Waals surface area contributed by atoms with Crippen LogP contribution in [0.3, 0.4) is 0 Å². The van der Waals surface area contributed by atoms with Crippen LogP contribution >= 0.6 is 0 Å². The van der Waals surface area contributed by atoms with Crippen molar-refractivity contribution < 1.29 is 14.3 Å². The van der Waals surface area contributed by atoms with Gasteiger partial charge in [-0.3, -0.25) is 19.5 Å². The zero-order chi connectivity index (χ0) is 17.6. The largest absolute Gasteiger partial charge is 0.476 e. The Morgan fingerprint density at radius 2 is 1.83 bits per heavy atom. The van der Waals surface area contributed by atoms with Gasteiger partial charge >= 0.3 is 0 Å². The lowest BCUT2D eigenvalue weighted by molar-refractivity contribution is 0.0910. The molecule has 2 heterocycles. The summed E-state index contributed by atoms with van der Waals surface area (Å²) in [5.74, 6) is 0.183. The summed E-state index contributed by atoms with van der Waals surface area (Å²) in [4.78, 5) is 31.7. The highest BCUT2D eigenvalue weighted by Gasteiger charge is 2.12. The van der Waals surface area contributed by atoms with E-state index >= 15 is 0 Å². The number of aromatic amines is 1. The molecule has 2 rings (SSSR count). The molecule has 0 aromatic carbocycles. The smallest absolute Gasteiger partial charge is 0.264 e. The Balaban J connectivity index is 0.000000253. The predicted octanol–water partition coefficient (Wildman–Crippen LogP) is 1.80. The maximum absolute atomic E-state index is 10.9. The molecule has 8 heteroatoms. The molecule has 0 aliphatic heterocycles. The lowest BCUT2D eigenvalue weighted by Crippen LogP contribution is -2.17. The number of ether oxygens (including phenoxy) is 1. The van der Waals surface area contributed by atoms with Crippen molar-refractivity contribution in [3.63, 3.8) is 0 Å². The number of nitrogens with one attached hydrogen (secondary N) is 1. The van der Waals surface area contributed by atoms with Crippen molar-refractivity contribution in [3.8, 4) is 5.88 Å². The van der Waals surface area contributed by atoms with Gasteiger partial charge in [0, 0.05) is 38.4 Å². The number of carbonyl (C=O) groups excluding carboxylic acids is 2. The molecular formula is C15H22N4O4. The Kier molecular flexibility index (Phi) is 6.06. The van der Waals surface area contributed by atoms with E-state index < -0.39 is 0 Å². The maximum Gasteiger partial charge on any atom is 0.264 e. The fraction of sp³-hybridized carbons (Fsp3) is 0.467. The van der Waals surface area contributed by atoms with E-state index in [2.05, 4.69) is 31.0 Å². The second-order valence-electron chi connectivity index (χ2n) is 6.15. The second-order valence-corrected chi connectivity index (χ2v) is 6.15. The van der Waals surface area contributed by atoms with Gasteiger partial charge in [0.1, 0.15) is 0 Å². The monoisotopic (exact) mass is 322 g/mol. The molecule has 0 aliphatic rings. The molecule has 0 amide bonds. The number of aromatic nitrogens is 4. The van der Waals surface area contributed by atoms with Crippen LogP contribution in [0.1, 0.15) is 44.2 Å². The Morgan fingerprint density at radius 3 is 2.17 bits per heavy atom. The molecule has 0 aliphatic carbocycles. The van der Waals surface area contributed by atoms with E-state index in [1.54, 1.807) is 12.3 Å². The van der Waals surface area contributed by atoms with Crippen molar-refractivity contribution in [1.82, 2.24) is 19.6 Å². The molecule has 8 nitrogen and oxygen atoms in total. The number of nitrogens with zero attached hydrogens (tertiary/aromatic N) is 3. The molecule has 0 bridgehead atoms. The molecule has 0 saturated carbocycles. The normalized spacial score (nSPS) is 10.7. The van der Waals surface area contributed by atoms with Crippen molar-refractivity contribution in [2.45, 2.75) is 34.6 Å². The van der Waals surface area contributed by atoms with Gasteiger partial charge in [-0.25, -0.2) is 9.36 Å². The van der Waals surface area contributed by atoms with Crippen molar-refractivity contribution in [1.29, 1.82) is 0 Å². The van der Waals surface area contributed by atoms with Crippen LogP contribution in [-0.4, -0.2) is 38.0 Å². The molecule has 2 aromatic heterocycles. The van der Waals surface area contributed by atoms with Gasteiger partial charge in [0.2, 0.25) is 17.7 Å². The maximum atomic E-state index is 10.9. The fourth-order valence-corrected chi connectivity index (χ4v) is 1.37. The Morgan fingerprint density at radius 1 is 1.17 bits per heavy atom. The molecule has 0 radical (unpaired) electrons. The summed E-state index contributed by atoms with van der Waals surface area (Å²) in [6.45, 7) is 9.65. The average molecular weight is 322 g/mol. The zero-order valence-corrected chi connectivity index (χ0v) is 14.0. The van der Waals surface area contributed by atoms with Crippen LogP contribution in [0, 0.1) is 5.41 Å². The summed E-state index contributed by atoms with van der Waals surface area (Å²) >= 11 is 0. The van der Waals surface area contributed by atoms with Gasteiger partial charge in [0.25, 0.3) is 5.56 Å². The third kappa shape index (κ3) is 6.77. The number of H-pyrrole nitrogens is 1. The molecule has 126 valence electrons. The predicted molar refractivity (Wildman–Crippen MR) is 84.8 cm³/mol. The first-order valence-corrected chi connectivity index (χ1v) is 7.06. The SMILES string of the molecule is CC(=O)n1ccc(=O)[nH]1.CC(=O)n1ccc(OCC(C)(C)C)n1. The minimum atomic E-state index is -0.259. The lowest BCUT2D eigenvalue weighted by Gasteiger charge is -2.17. The molecule has 2 aromatic rings. The molecule has 0 fully saturated rings. The Hall–Kier alpha value is -2.64. The molecule has 23 heavy (non-hydrogen) atoms. The van der Waals surface area contributed by atoms with Crippen LogP contribution in [0.25, 0.3) is 0 Å². The van der Waals surface area contributed by atoms with Crippen LogP contribution in [0.15, 0.2) is 29.3 Å². The minimum Gasteiger partial charge on any atom is -0.476 e. The van der Waals surface area contributed by atoms with Crippen LogP contribution in [0.4, 0.5) is 0 Å². The summed E-state index contributed by atoms with van der Waals surface area (Å²) in [6.07, 6.45) is 2.99. The van der Waals surface area contributed by atoms with E-state index in [0.717, 1.165) is 4.68 Å². The van der Waals surface area contributed by atoms with Gasteiger partial charge in [-0.15, -0.1) is 5.10 Å². The second kappa shape index (κ2) is 7.57. The van der Waals surface area contributed by atoms with E-state index in [1.165, 1.54) is 30.8 Å². The highest BCUT2D eigenvalue weighted by molar-refractivity contribution is 5.75. The highest BCUT2D eigenvalue weighted by atomic mass is 16.5. The summed E-state index contributed by atoms with van der Waals surface area (Å²) in [5.41, 5.74) is -0.162. The minimum absolute atomic E-state index is 0.0972. The third-order valence-electron chi connectivity index (χ3n) is 2.49. The summed E-state index contributed by atoms with van der Waals surface area (Å²) in [6, 6.07) is 2.98. The summed E-state index contributed by atoms with van der Waals surface area (Å²) in [5, 5.41) is 6.24. The van der Waals surface area contributed by atoms with Crippen molar-refractivity contribution >= 4 is 11.8 Å². The van der Waals surface area contributed by atoms with Crippen LogP contribution in [0.5, 0.6) is 5.88 Å². The first-order chi connectivity index (χ1) is 10.6. The van der Waals surface area contributed by atoms with Crippen molar-refractivity contribution in [3.05, 3.63) is 34.9 Å². The zero-order valence-electron chi connectivity index (χ0n) is 14.0. The standard InChI is InChI=1S/C10H16N2O2.C5H6N2O2/c1-8(13)12-6-5-9(11-12)14-7-10(2,3)4;1-4(8)7-3-2-5(9)6-7/h5-6H,7H2,1-4H3;2-3H,1H3,(H,6,9). The molecular weight excluding hydrogens is 300 g/mol. The third-order valence-corrected chi connectivity index (χ3v) is 2.49. The molecule has 0 atom stereocenters. The summed E-state index contributed by atoms with van der Waals surface area (Å²) in [7, 11) is 0. The van der Waals surface area contributed by atoms with Gasteiger partial charge < -0.3 is 4.74 Å². The first kappa shape index (κ1) is 18.4. The number of rotatable bonds is 2. The Bertz CT molecular complexity index is 718. The van der Waals surface area contributed by atoms with E-state index in [1.807, 2.05) is 0 Å². The van der Waals surface area contributed by atoms with Crippen molar-refractivity contribution in [2.75, 3.05) is 6.61 Å². The number of hydrogen-bond acceptors (Lipinski definition) is 5. The van der Waals surface area contributed by atoms with E-state index in [9.17, 15) is 14.4 Å². The van der Waals surface area contributed by atoms with Gasteiger partial charge in [0.15, 0.2) is 0 Å². The molecule has 0 unspecified atom stereocenters. The van der Waals surface area contributed by atoms with E-state index in [0.29, 0.717) is 12.5 Å².